The minimum Gasteiger partial charge on any atom is -0.496 e. The Kier molecular flexibility index (Phi) is 3.91. The van der Waals surface area contributed by atoms with Crippen molar-refractivity contribution in [2.24, 2.45) is 11.8 Å². The molecular formula is C15H24N2O. The number of hydrogen-bond acceptors (Lipinski definition) is 3. The second kappa shape index (κ2) is 5.27. The molecule has 1 aromatic rings. The molecule has 3 nitrogen and oxygen atoms in total. The Labute approximate surface area is 110 Å². The molecule has 1 saturated carbocycles. The number of nitrogens with zero attached hydrogens (tertiary/aromatic N) is 1. The fourth-order valence-corrected chi connectivity index (χ4v) is 2.86. The molecule has 0 amide bonds. The average molecular weight is 248 g/mol. The summed E-state index contributed by atoms with van der Waals surface area (Å²) in [6.45, 7) is 6.48. The van der Waals surface area contributed by atoms with E-state index in [-0.39, 0.29) is 0 Å². The summed E-state index contributed by atoms with van der Waals surface area (Å²) < 4.78 is 5.47. The van der Waals surface area contributed by atoms with Gasteiger partial charge < -0.3 is 10.1 Å². The van der Waals surface area contributed by atoms with E-state index in [2.05, 4.69) is 31.2 Å². The first-order valence-electron chi connectivity index (χ1n) is 6.74. The molecule has 2 rings (SSSR count). The van der Waals surface area contributed by atoms with E-state index < -0.39 is 0 Å². The van der Waals surface area contributed by atoms with Crippen LogP contribution in [0.1, 0.15) is 30.2 Å². The highest BCUT2D eigenvalue weighted by Gasteiger charge is 2.39. The Morgan fingerprint density at radius 2 is 2.17 bits per heavy atom. The molecule has 1 aromatic heterocycles. The third kappa shape index (κ3) is 2.51. The second-order valence-electron chi connectivity index (χ2n) is 5.52. The maximum Gasteiger partial charge on any atom is 0.128 e. The monoisotopic (exact) mass is 248 g/mol. The summed E-state index contributed by atoms with van der Waals surface area (Å²) >= 11 is 0. The molecule has 3 atom stereocenters. The van der Waals surface area contributed by atoms with Crippen molar-refractivity contribution >= 4 is 0 Å². The summed E-state index contributed by atoms with van der Waals surface area (Å²) in [4.78, 5) is 4.59. The molecule has 0 aromatic carbocycles. The van der Waals surface area contributed by atoms with E-state index in [1.54, 1.807) is 7.11 Å². The summed E-state index contributed by atoms with van der Waals surface area (Å²) in [6.07, 6.45) is 4.26. The number of nitrogens with one attached hydrogen (secondary N) is 1. The van der Waals surface area contributed by atoms with Crippen molar-refractivity contribution in [1.29, 1.82) is 0 Å². The van der Waals surface area contributed by atoms with Crippen molar-refractivity contribution in [3.05, 3.63) is 23.0 Å². The lowest BCUT2D eigenvalue weighted by atomic mass is 10.0. The highest BCUT2D eigenvalue weighted by molar-refractivity contribution is 5.41. The highest BCUT2D eigenvalue weighted by Crippen LogP contribution is 2.41. The van der Waals surface area contributed by atoms with Crippen LogP contribution in [0.4, 0.5) is 0 Å². The molecule has 1 N–H and O–H groups in total. The van der Waals surface area contributed by atoms with Gasteiger partial charge in [-0.15, -0.1) is 0 Å². The zero-order chi connectivity index (χ0) is 13.3. The number of methoxy groups -OCH3 is 1. The number of hydrogen-bond donors (Lipinski definition) is 1. The molecule has 3 unspecified atom stereocenters. The molecule has 0 spiro atoms. The Morgan fingerprint density at radius 3 is 2.67 bits per heavy atom. The normalized spacial score (nSPS) is 23.8. The standard InChI is InChI=1S/C15H24N2O/c1-9-6-12(9)14(16-4)7-13-11(3)15(18-5)10(2)8-17-13/h8-9,12,14,16H,6-7H2,1-5H3. The van der Waals surface area contributed by atoms with Crippen molar-refractivity contribution in [2.75, 3.05) is 14.2 Å². The predicted molar refractivity (Wildman–Crippen MR) is 74.1 cm³/mol. The van der Waals surface area contributed by atoms with E-state index in [9.17, 15) is 0 Å². The molecule has 3 heteroatoms. The minimum absolute atomic E-state index is 0.540. The molecule has 0 saturated heterocycles. The van der Waals surface area contributed by atoms with Gasteiger partial charge in [-0.05, 0) is 39.2 Å². The van der Waals surface area contributed by atoms with Gasteiger partial charge in [0, 0.05) is 35.5 Å². The molecule has 0 bridgehead atoms. The SMILES string of the molecule is CNC(Cc1ncc(C)c(OC)c1C)C1CC1C. The average Bonchev–Trinajstić information content (AvgIpc) is 3.06. The van der Waals surface area contributed by atoms with Gasteiger partial charge in [-0.1, -0.05) is 6.92 Å². The van der Waals surface area contributed by atoms with Crippen molar-refractivity contribution in [3.8, 4) is 5.75 Å². The van der Waals surface area contributed by atoms with Crippen LogP contribution in [0.2, 0.25) is 0 Å². The van der Waals surface area contributed by atoms with Gasteiger partial charge in [0.2, 0.25) is 0 Å². The van der Waals surface area contributed by atoms with Gasteiger partial charge in [0.25, 0.3) is 0 Å². The van der Waals surface area contributed by atoms with Gasteiger partial charge in [0.15, 0.2) is 0 Å². The lowest BCUT2D eigenvalue weighted by Crippen LogP contribution is -2.31. The third-order valence-electron chi connectivity index (χ3n) is 4.22. The molecule has 1 heterocycles. The van der Waals surface area contributed by atoms with Crippen molar-refractivity contribution in [2.45, 2.75) is 39.7 Å². The van der Waals surface area contributed by atoms with Crippen LogP contribution in [0, 0.1) is 25.7 Å². The van der Waals surface area contributed by atoms with E-state index in [1.807, 2.05) is 13.1 Å². The Bertz CT molecular complexity index is 431. The number of rotatable bonds is 5. The van der Waals surface area contributed by atoms with E-state index in [0.717, 1.165) is 35.3 Å². The first kappa shape index (κ1) is 13.3. The highest BCUT2D eigenvalue weighted by atomic mass is 16.5. The van der Waals surface area contributed by atoms with Crippen LogP contribution >= 0.6 is 0 Å². The maximum atomic E-state index is 5.47. The number of aromatic nitrogens is 1. The van der Waals surface area contributed by atoms with Gasteiger partial charge >= 0.3 is 0 Å². The number of aryl methyl sites for hydroxylation is 1. The van der Waals surface area contributed by atoms with Crippen LogP contribution in [-0.2, 0) is 6.42 Å². The fourth-order valence-electron chi connectivity index (χ4n) is 2.86. The minimum atomic E-state index is 0.540. The van der Waals surface area contributed by atoms with Gasteiger partial charge in [-0.2, -0.15) is 0 Å². The van der Waals surface area contributed by atoms with E-state index in [0.29, 0.717) is 6.04 Å². The predicted octanol–water partition coefficient (Wildman–Crippen LogP) is 2.49. The van der Waals surface area contributed by atoms with E-state index in [1.165, 1.54) is 12.0 Å². The molecule has 100 valence electrons. The summed E-state index contributed by atoms with van der Waals surface area (Å²) in [5.41, 5.74) is 3.46. The fraction of sp³-hybridized carbons (Fsp3) is 0.667. The molecule has 1 aliphatic rings. The molecule has 18 heavy (non-hydrogen) atoms. The van der Waals surface area contributed by atoms with Crippen LogP contribution in [-0.4, -0.2) is 25.2 Å². The topological polar surface area (TPSA) is 34.2 Å². The first-order valence-corrected chi connectivity index (χ1v) is 6.74. The van der Waals surface area contributed by atoms with Gasteiger partial charge in [0.1, 0.15) is 5.75 Å². The van der Waals surface area contributed by atoms with Crippen LogP contribution in [0.5, 0.6) is 5.75 Å². The molecule has 1 aliphatic carbocycles. The second-order valence-corrected chi connectivity index (χ2v) is 5.52. The maximum absolute atomic E-state index is 5.47. The summed E-state index contributed by atoms with van der Waals surface area (Å²) in [5.74, 6) is 2.65. The summed E-state index contributed by atoms with van der Waals surface area (Å²) in [7, 11) is 3.79. The Morgan fingerprint density at radius 1 is 1.50 bits per heavy atom. The first-order chi connectivity index (χ1) is 8.58. The van der Waals surface area contributed by atoms with Crippen molar-refractivity contribution < 1.29 is 4.74 Å². The van der Waals surface area contributed by atoms with Crippen LogP contribution < -0.4 is 10.1 Å². The lowest BCUT2D eigenvalue weighted by molar-refractivity contribution is 0.405. The number of pyridine rings is 1. The van der Waals surface area contributed by atoms with Crippen molar-refractivity contribution in [1.82, 2.24) is 10.3 Å². The van der Waals surface area contributed by atoms with Gasteiger partial charge in [-0.25, -0.2) is 0 Å². The summed E-state index contributed by atoms with van der Waals surface area (Å²) in [6, 6.07) is 0.540. The Hall–Kier alpha value is -1.09. The van der Waals surface area contributed by atoms with Crippen LogP contribution in [0.3, 0.4) is 0 Å². The molecular weight excluding hydrogens is 224 g/mol. The van der Waals surface area contributed by atoms with E-state index >= 15 is 0 Å². The zero-order valence-corrected chi connectivity index (χ0v) is 12.1. The molecule has 0 aliphatic heterocycles. The number of ether oxygens (including phenoxy) is 1. The van der Waals surface area contributed by atoms with Gasteiger partial charge in [0.05, 0.1) is 7.11 Å². The Balaban J connectivity index is 2.18. The number of likely N-dealkylation sites (N-methyl/N-ethyl adjacent to an activating group) is 1. The molecule has 1 fully saturated rings. The molecule has 0 radical (unpaired) electrons. The summed E-state index contributed by atoms with van der Waals surface area (Å²) in [5, 5.41) is 3.44. The van der Waals surface area contributed by atoms with E-state index in [4.69, 9.17) is 4.74 Å². The smallest absolute Gasteiger partial charge is 0.128 e. The third-order valence-corrected chi connectivity index (χ3v) is 4.22. The van der Waals surface area contributed by atoms with Crippen LogP contribution in [0.25, 0.3) is 0 Å². The van der Waals surface area contributed by atoms with Gasteiger partial charge in [-0.3, -0.25) is 4.98 Å². The largest absolute Gasteiger partial charge is 0.496 e. The quantitative estimate of drug-likeness (QED) is 0.869. The van der Waals surface area contributed by atoms with Crippen LogP contribution in [0.15, 0.2) is 6.20 Å². The van der Waals surface area contributed by atoms with Crippen molar-refractivity contribution in [3.63, 3.8) is 0 Å². The lowest BCUT2D eigenvalue weighted by Gasteiger charge is -2.18. The zero-order valence-electron chi connectivity index (χ0n) is 12.1.